The van der Waals surface area contributed by atoms with Crippen molar-refractivity contribution in [2.75, 3.05) is 6.54 Å². The smallest absolute Gasteiger partial charge is 0.0208 e. The molecule has 1 aliphatic heterocycles. The summed E-state index contributed by atoms with van der Waals surface area (Å²) in [4.78, 5) is 0. The maximum atomic E-state index is 3.56. The van der Waals surface area contributed by atoms with Gasteiger partial charge in [0.05, 0.1) is 0 Å². The summed E-state index contributed by atoms with van der Waals surface area (Å²) in [5.74, 6) is 0. The summed E-state index contributed by atoms with van der Waals surface area (Å²) in [5.41, 5.74) is 4.46. The van der Waals surface area contributed by atoms with Crippen molar-refractivity contribution in [1.29, 1.82) is 0 Å². The number of benzene rings is 1. The highest BCUT2D eigenvalue weighted by atomic mass is 14.9. The zero-order valence-electron chi connectivity index (χ0n) is 9.05. The maximum Gasteiger partial charge on any atom is 0.0208 e. The Balaban J connectivity index is 1.71. The molecule has 0 radical (unpaired) electrons. The predicted octanol–water partition coefficient (Wildman–Crippen LogP) is 1.58. The van der Waals surface area contributed by atoms with Gasteiger partial charge in [0, 0.05) is 19.1 Å². The van der Waals surface area contributed by atoms with Crippen molar-refractivity contribution in [2.45, 2.75) is 38.4 Å². The molecule has 2 aliphatic rings. The second-order valence-electron chi connectivity index (χ2n) is 4.69. The van der Waals surface area contributed by atoms with E-state index in [-0.39, 0.29) is 0 Å². The van der Waals surface area contributed by atoms with E-state index in [2.05, 4.69) is 28.8 Å². The summed E-state index contributed by atoms with van der Waals surface area (Å²) < 4.78 is 0. The van der Waals surface area contributed by atoms with Crippen molar-refractivity contribution < 1.29 is 0 Å². The lowest BCUT2D eigenvalue weighted by Gasteiger charge is -2.18. The average molecular weight is 202 g/mol. The highest BCUT2D eigenvalue weighted by Crippen LogP contribution is 2.20. The van der Waals surface area contributed by atoms with Crippen LogP contribution < -0.4 is 10.6 Å². The van der Waals surface area contributed by atoms with Crippen LogP contribution in [0.1, 0.15) is 29.5 Å². The van der Waals surface area contributed by atoms with Gasteiger partial charge in [0.25, 0.3) is 0 Å². The third-order valence-corrected chi connectivity index (χ3v) is 3.33. The van der Waals surface area contributed by atoms with E-state index in [1.165, 1.54) is 36.0 Å². The molecule has 0 aromatic heterocycles. The van der Waals surface area contributed by atoms with Crippen molar-refractivity contribution in [3.63, 3.8) is 0 Å². The average Bonchev–Trinajstić information content (AvgIpc) is 3.10. The standard InChI is InChI=1S/C13H18N2/c1-2-11-5-6-14-9-12(11)7-10(1)8-15-13-3-4-13/h1-2,7,13-15H,3-6,8-9H2. The minimum absolute atomic E-state index is 0.805. The Kier molecular flexibility index (Phi) is 2.47. The molecule has 80 valence electrons. The summed E-state index contributed by atoms with van der Waals surface area (Å²) in [6.45, 7) is 3.22. The van der Waals surface area contributed by atoms with E-state index >= 15 is 0 Å². The number of hydrogen-bond acceptors (Lipinski definition) is 2. The molecule has 0 saturated heterocycles. The van der Waals surface area contributed by atoms with Crippen molar-refractivity contribution >= 4 is 0 Å². The van der Waals surface area contributed by atoms with E-state index in [1.54, 1.807) is 0 Å². The molecule has 0 bridgehead atoms. The molecule has 0 spiro atoms. The third kappa shape index (κ3) is 2.21. The van der Waals surface area contributed by atoms with Crippen LogP contribution in [0.2, 0.25) is 0 Å². The fraction of sp³-hybridized carbons (Fsp3) is 0.538. The van der Waals surface area contributed by atoms with Gasteiger partial charge in [0.2, 0.25) is 0 Å². The van der Waals surface area contributed by atoms with Crippen LogP contribution in [0, 0.1) is 0 Å². The Hall–Kier alpha value is -0.860. The minimum Gasteiger partial charge on any atom is -0.312 e. The highest BCUT2D eigenvalue weighted by Gasteiger charge is 2.20. The van der Waals surface area contributed by atoms with E-state index in [9.17, 15) is 0 Å². The van der Waals surface area contributed by atoms with Gasteiger partial charge in [-0.3, -0.25) is 0 Å². The topological polar surface area (TPSA) is 24.1 Å². The largest absolute Gasteiger partial charge is 0.312 e. The Morgan fingerprint density at radius 2 is 2.20 bits per heavy atom. The molecule has 1 fully saturated rings. The van der Waals surface area contributed by atoms with E-state index in [4.69, 9.17) is 0 Å². The Morgan fingerprint density at radius 1 is 1.27 bits per heavy atom. The van der Waals surface area contributed by atoms with Gasteiger partial charge < -0.3 is 10.6 Å². The van der Waals surface area contributed by atoms with Crippen LogP contribution >= 0.6 is 0 Å². The first-order valence-electron chi connectivity index (χ1n) is 5.96. The number of nitrogens with one attached hydrogen (secondary N) is 2. The van der Waals surface area contributed by atoms with Crippen LogP contribution in [0.5, 0.6) is 0 Å². The quantitative estimate of drug-likeness (QED) is 0.777. The SMILES string of the molecule is c1cc2c(cc1CNC1CC1)CNCC2. The van der Waals surface area contributed by atoms with Crippen LogP contribution in [0.25, 0.3) is 0 Å². The summed E-state index contributed by atoms with van der Waals surface area (Å²) >= 11 is 0. The second-order valence-corrected chi connectivity index (χ2v) is 4.69. The lowest BCUT2D eigenvalue weighted by molar-refractivity contribution is 0.638. The monoisotopic (exact) mass is 202 g/mol. The summed E-state index contributed by atoms with van der Waals surface area (Å²) in [6, 6.07) is 7.75. The Morgan fingerprint density at radius 3 is 3.07 bits per heavy atom. The molecule has 2 N–H and O–H groups in total. The van der Waals surface area contributed by atoms with Crippen LogP contribution in [-0.2, 0) is 19.5 Å². The first kappa shape index (κ1) is 9.37. The van der Waals surface area contributed by atoms with Gasteiger partial charge in [0.1, 0.15) is 0 Å². The van der Waals surface area contributed by atoms with Gasteiger partial charge in [0.15, 0.2) is 0 Å². The van der Waals surface area contributed by atoms with Crippen molar-refractivity contribution in [1.82, 2.24) is 10.6 Å². The number of fused-ring (bicyclic) bond motifs is 1. The molecule has 1 aromatic rings. The molecule has 15 heavy (non-hydrogen) atoms. The summed E-state index contributed by atoms with van der Waals surface area (Å²) in [5, 5.41) is 6.98. The van der Waals surface area contributed by atoms with E-state index in [0.717, 1.165) is 25.7 Å². The zero-order chi connectivity index (χ0) is 10.1. The molecule has 1 saturated carbocycles. The van der Waals surface area contributed by atoms with Gasteiger partial charge in [-0.05, 0) is 42.5 Å². The first-order chi connectivity index (χ1) is 7.42. The van der Waals surface area contributed by atoms with E-state index < -0.39 is 0 Å². The molecule has 2 heteroatoms. The Bertz CT molecular complexity index is 356. The summed E-state index contributed by atoms with van der Waals surface area (Å²) in [6.07, 6.45) is 3.92. The Labute approximate surface area is 91.1 Å². The molecule has 1 aromatic carbocycles. The molecule has 1 heterocycles. The first-order valence-corrected chi connectivity index (χ1v) is 5.96. The fourth-order valence-electron chi connectivity index (χ4n) is 2.19. The predicted molar refractivity (Wildman–Crippen MR) is 61.7 cm³/mol. The highest BCUT2D eigenvalue weighted by molar-refractivity contribution is 5.33. The van der Waals surface area contributed by atoms with Crippen LogP contribution in [-0.4, -0.2) is 12.6 Å². The van der Waals surface area contributed by atoms with Gasteiger partial charge in [-0.1, -0.05) is 18.2 Å². The molecule has 1 aliphatic carbocycles. The third-order valence-electron chi connectivity index (χ3n) is 3.33. The molecular formula is C13H18N2. The summed E-state index contributed by atoms with van der Waals surface area (Å²) in [7, 11) is 0. The van der Waals surface area contributed by atoms with Gasteiger partial charge >= 0.3 is 0 Å². The normalized spacial score (nSPS) is 20.0. The molecule has 3 rings (SSSR count). The lowest BCUT2D eigenvalue weighted by Crippen LogP contribution is -2.24. The van der Waals surface area contributed by atoms with E-state index in [0.29, 0.717) is 0 Å². The fourth-order valence-corrected chi connectivity index (χ4v) is 2.19. The van der Waals surface area contributed by atoms with Crippen molar-refractivity contribution in [3.8, 4) is 0 Å². The van der Waals surface area contributed by atoms with Crippen LogP contribution in [0.3, 0.4) is 0 Å². The van der Waals surface area contributed by atoms with Gasteiger partial charge in [-0.2, -0.15) is 0 Å². The van der Waals surface area contributed by atoms with Gasteiger partial charge in [-0.15, -0.1) is 0 Å². The molecule has 2 nitrogen and oxygen atoms in total. The molecule has 0 atom stereocenters. The second kappa shape index (κ2) is 3.95. The zero-order valence-corrected chi connectivity index (χ0v) is 9.05. The number of hydrogen-bond donors (Lipinski definition) is 2. The minimum atomic E-state index is 0.805. The molecule has 0 unspecified atom stereocenters. The number of rotatable bonds is 3. The molecular weight excluding hydrogens is 184 g/mol. The maximum absolute atomic E-state index is 3.56. The lowest BCUT2D eigenvalue weighted by atomic mass is 9.98. The van der Waals surface area contributed by atoms with E-state index in [1.807, 2.05) is 0 Å². The van der Waals surface area contributed by atoms with Crippen LogP contribution in [0.4, 0.5) is 0 Å². The van der Waals surface area contributed by atoms with Crippen molar-refractivity contribution in [2.24, 2.45) is 0 Å². The van der Waals surface area contributed by atoms with Crippen LogP contribution in [0.15, 0.2) is 18.2 Å². The van der Waals surface area contributed by atoms with Gasteiger partial charge in [-0.25, -0.2) is 0 Å². The van der Waals surface area contributed by atoms with Crippen molar-refractivity contribution in [3.05, 3.63) is 34.9 Å². The molecule has 0 amide bonds.